The molecule has 2 rings (SSSR count). The second-order valence-electron chi connectivity index (χ2n) is 4.09. The lowest BCUT2D eigenvalue weighted by Gasteiger charge is -2.18. The second kappa shape index (κ2) is 4.82. The molecule has 0 spiro atoms. The number of benzene rings is 1. The highest BCUT2D eigenvalue weighted by Crippen LogP contribution is 2.16. The molecule has 88 valence electrons. The van der Waals surface area contributed by atoms with Gasteiger partial charge >= 0.3 is 0 Å². The molecule has 17 heavy (non-hydrogen) atoms. The Kier molecular flexibility index (Phi) is 3.23. The quantitative estimate of drug-likeness (QED) is 0.816. The lowest BCUT2D eigenvalue weighted by Crippen LogP contribution is -2.18. The van der Waals surface area contributed by atoms with Crippen molar-refractivity contribution in [2.24, 2.45) is 0 Å². The topological polar surface area (TPSA) is 55.0 Å². The summed E-state index contributed by atoms with van der Waals surface area (Å²) < 4.78 is 0. The minimum Gasteiger partial charge on any atom is -0.398 e. The van der Waals surface area contributed by atoms with Crippen molar-refractivity contribution in [2.45, 2.75) is 13.5 Å². The summed E-state index contributed by atoms with van der Waals surface area (Å²) in [6, 6.07) is 11.8. The lowest BCUT2D eigenvalue weighted by molar-refractivity contribution is 0.858. The minimum atomic E-state index is 0.727. The predicted octanol–water partition coefficient (Wildman–Crippen LogP) is 2.00. The Morgan fingerprint density at radius 2 is 1.88 bits per heavy atom. The first-order chi connectivity index (χ1) is 8.16. The van der Waals surface area contributed by atoms with Gasteiger partial charge < -0.3 is 10.6 Å². The monoisotopic (exact) mass is 228 g/mol. The fraction of sp³-hybridized carbons (Fsp3) is 0.231. The Morgan fingerprint density at radius 3 is 2.53 bits per heavy atom. The number of rotatable bonds is 3. The third-order valence-electron chi connectivity index (χ3n) is 2.64. The third kappa shape index (κ3) is 2.72. The van der Waals surface area contributed by atoms with Crippen LogP contribution in [0.4, 0.5) is 11.5 Å². The molecule has 0 aliphatic carbocycles. The highest BCUT2D eigenvalue weighted by atomic mass is 15.2. The molecule has 2 N–H and O–H groups in total. The molecule has 0 saturated heterocycles. The molecular formula is C13H16N4. The molecule has 0 aliphatic rings. The average molecular weight is 228 g/mol. The van der Waals surface area contributed by atoms with Crippen molar-refractivity contribution in [3.63, 3.8) is 0 Å². The maximum atomic E-state index is 5.91. The smallest absolute Gasteiger partial charge is 0.151 e. The van der Waals surface area contributed by atoms with Crippen molar-refractivity contribution in [3.05, 3.63) is 47.7 Å². The van der Waals surface area contributed by atoms with E-state index in [1.807, 2.05) is 55.3 Å². The van der Waals surface area contributed by atoms with Crippen molar-refractivity contribution in [3.8, 4) is 0 Å². The summed E-state index contributed by atoms with van der Waals surface area (Å²) in [4.78, 5) is 2.03. The molecule has 4 nitrogen and oxygen atoms in total. The van der Waals surface area contributed by atoms with E-state index in [1.54, 1.807) is 0 Å². The fourth-order valence-corrected chi connectivity index (χ4v) is 1.61. The summed E-state index contributed by atoms with van der Waals surface area (Å²) in [5.74, 6) is 0.846. The molecule has 1 heterocycles. The first-order valence-electron chi connectivity index (χ1n) is 5.51. The number of nitrogen functional groups attached to an aromatic ring is 1. The van der Waals surface area contributed by atoms with E-state index in [2.05, 4.69) is 10.2 Å². The molecule has 4 heteroatoms. The van der Waals surface area contributed by atoms with Crippen molar-refractivity contribution in [1.29, 1.82) is 0 Å². The summed E-state index contributed by atoms with van der Waals surface area (Å²) in [7, 11) is 1.98. The van der Waals surface area contributed by atoms with Crippen LogP contribution in [0, 0.1) is 6.92 Å². The Bertz CT molecular complexity index is 493. The van der Waals surface area contributed by atoms with Crippen LogP contribution in [0.2, 0.25) is 0 Å². The van der Waals surface area contributed by atoms with Gasteiger partial charge in [-0.1, -0.05) is 18.2 Å². The van der Waals surface area contributed by atoms with Crippen LogP contribution in [0.1, 0.15) is 11.3 Å². The number of hydrogen-bond acceptors (Lipinski definition) is 4. The molecule has 0 atom stereocenters. The van der Waals surface area contributed by atoms with Crippen molar-refractivity contribution >= 4 is 11.5 Å². The third-order valence-corrected chi connectivity index (χ3v) is 2.64. The first-order valence-corrected chi connectivity index (χ1v) is 5.51. The van der Waals surface area contributed by atoms with Crippen LogP contribution in [0.15, 0.2) is 36.4 Å². The summed E-state index contributed by atoms with van der Waals surface area (Å²) in [6.07, 6.45) is 0. The molecule has 0 aliphatic heterocycles. The Balaban J connectivity index is 2.14. The molecule has 1 aromatic carbocycles. The number of aryl methyl sites for hydroxylation is 1. The van der Waals surface area contributed by atoms with Crippen molar-refractivity contribution in [2.75, 3.05) is 17.7 Å². The van der Waals surface area contributed by atoms with Gasteiger partial charge in [0.25, 0.3) is 0 Å². The maximum Gasteiger partial charge on any atom is 0.151 e. The molecule has 0 saturated carbocycles. The Labute approximate surface area is 101 Å². The van der Waals surface area contributed by atoms with Gasteiger partial charge in [-0.05, 0) is 30.7 Å². The van der Waals surface area contributed by atoms with Crippen molar-refractivity contribution in [1.82, 2.24) is 10.2 Å². The van der Waals surface area contributed by atoms with Crippen LogP contribution in [0.25, 0.3) is 0 Å². The van der Waals surface area contributed by atoms with Gasteiger partial charge in [-0.15, -0.1) is 5.10 Å². The van der Waals surface area contributed by atoms with Crippen molar-refractivity contribution < 1.29 is 0 Å². The molecule has 0 bridgehead atoms. The first kappa shape index (κ1) is 11.4. The SMILES string of the molecule is Cc1ccc(N(C)Cc2ccccc2N)nn1. The molecular weight excluding hydrogens is 212 g/mol. The fourth-order valence-electron chi connectivity index (χ4n) is 1.61. The van der Waals surface area contributed by atoms with Crippen LogP contribution in [-0.4, -0.2) is 17.2 Å². The second-order valence-corrected chi connectivity index (χ2v) is 4.09. The maximum absolute atomic E-state index is 5.91. The van der Waals surface area contributed by atoms with Gasteiger partial charge in [-0.25, -0.2) is 0 Å². The van der Waals surface area contributed by atoms with Crippen LogP contribution in [0.5, 0.6) is 0 Å². The molecule has 0 radical (unpaired) electrons. The van der Waals surface area contributed by atoms with E-state index >= 15 is 0 Å². The van der Waals surface area contributed by atoms with Crippen LogP contribution in [0.3, 0.4) is 0 Å². The predicted molar refractivity (Wildman–Crippen MR) is 69.7 cm³/mol. The summed E-state index contributed by atoms with van der Waals surface area (Å²) in [6.45, 7) is 2.65. The highest BCUT2D eigenvalue weighted by molar-refractivity contribution is 5.49. The van der Waals surface area contributed by atoms with E-state index in [1.165, 1.54) is 0 Å². The zero-order valence-electron chi connectivity index (χ0n) is 10.1. The van der Waals surface area contributed by atoms with Gasteiger partial charge in [-0.3, -0.25) is 0 Å². The zero-order chi connectivity index (χ0) is 12.3. The van der Waals surface area contributed by atoms with Gasteiger partial charge in [0, 0.05) is 19.3 Å². The average Bonchev–Trinajstić information content (AvgIpc) is 2.33. The number of anilines is 2. The normalized spacial score (nSPS) is 10.2. The van der Waals surface area contributed by atoms with Gasteiger partial charge in [-0.2, -0.15) is 5.10 Å². The Morgan fingerprint density at radius 1 is 1.12 bits per heavy atom. The molecule has 1 aromatic heterocycles. The van der Waals surface area contributed by atoms with Crippen LogP contribution < -0.4 is 10.6 Å². The molecule has 0 amide bonds. The number of nitrogens with two attached hydrogens (primary N) is 1. The number of hydrogen-bond donors (Lipinski definition) is 1. The molecule has 0 fully saturated rings. The van der Waals surface area contributed by atoms with E-state index in [-0.39, 0.29) is 0 Å². The van der Waals surface area contributed by atoms with E-state index in [9.17, 15) is 0 Å². The number of aromatic nitrogens is 2. The highest BCUT2D eigenvalue weighted by Gasteiger charge is 2.05. The van der Waals surface area contributed by atoms with Gasteiger partial charge in [0.05, 0.1) is 5.69 Å². The summed E-state index contributed by atoms with van der Waals surface area (Å²) in [5, 5.41) is 8.18. The van der Waals surface area contributed by atoms with E-state index in [0.29, 0.717) is 0 Å². The number of para-hydroxylation sites is 1. The molecule has 0 unspecified atom stereocenters. The van der Waals surface area contributed by atoms with Crippen LogP contribution >= 0.6 is 0 Å². The molecule has 2 aromatic rings. The summed E-state index contributed by atoms with van der Waals surface area (Å²) >= 11 is 0. The van der Waals surface area contributed by atoms with Gasteiger partial charge in [0.1, 0.15) is 0 Å². The van der Waals surface area contributed by atoms with Gasteiger partial charge in [0.2, 0.25) is 0 Å². The van der Waals surface area contributed by atoms with Crippen LogP contribution in [-0.2, 0) is 6.54 Å². The minimum absolute atomic E-state index is 0.727. The Hall–Kier alpha value is -2.10. The number of nitrogens with zero attached hydrogens (tertiary/aromatic N) is 3. The largest absolute Gasteiger partial charge is 0.398 e. The van der Waals surface area contributed by atoms with E-state index in [4.69, 9.17) is 5.73 Å². The van der Waals surface area contributed by atoms with E-state index in [0.717, 1.165) is 29.3 Å². The lowest BCUT2D eigenvalue weighted by atomic mass is 10.2. The zero-order valence-corrected chi connectivity index (χ0v) is 10.1. The van der Waals surface area contributed by atoms with Gasteiger partial charge in [0.15, 0.2) is 5.82 Å². The standard InChI is InChI=1S/C13H16N4/c1-10-7-8-13(16-15-10)17(2)9-11-5-3-4-6-12(11)14/h3-8H,9,14H2,1-2H3. The summed E-state index contributed by atoms with van der Waals surface area (Å²) in [5.41, 5.74) is 8.73. The van der Waals surface area contributed by atoms with E-state index < -0.39 is 0 Å².